The van der Waals surface area contributed by atoms with Crippen molar-refractivity contribution >= 4 is 78.2 Å². The molecule has 68 valence electrons. The zero-order valence-corrected chi connectivity index (χ0v) is 12.4. The van der Waals surface area contributed by atoms with Crippen LogP contribution in [0.25, 0.3) is 10.1 Å². The Kier molecular flexibility index (Phi) is 3.38. The maximum atomic E-state index is 5.87. The minimum absolute atomic E-state index is 0.601. The molecule has 1 aromatic heterocycles. The van der Waals surface area contributed by atoms with E-state index in [4.69, 9.17) is 11.6 Å². The van der Waals surface area contributed by atoms with E-state index >= 15 is 0 Å². The highest BCUT2D eigenvalue weighted by Crippen LogP contribution is 2.35. The second kappa shape index (κ2) is 4.20. The van der Waals surface area contributed by atoms with E-state index in [1.807, 2.05) is 11.3 Å². The Morgan fingerprint density at radius 2 is 2.08 bits per heavy atom. The molecule has 0 aliphatic heterocycles. The summed E-state index contributed by atoms with van der Waals surface area (Å²) >= 11 is 12.5. The van der Waals surface area contributed by atoms with Gasteiger partial charge in [-0.15, -0.1) is 22.9 Å². The highest BCUT2D eigenvalue weighted by molar-refractivity contribution is 14.1. The molecule has 0 N–H and O–H groups in total. The van der Waals surface area contributed by atoms with Crippen LogP contribution in [0, 0.1) is 6.45 Å². The van der Waals surface area contributed by atoms with E-state index in [0.29, 0.717) is 5.88 Å². The summed E-state index contributed by atoms with van der Waals surface area (Å²) in [6.45, 7) is 0. The summed E-state index contributed by atoms with van der Waals surface area (Å²) in [6, 6.07) is 6.33. The van der Waals surface area contributed by atoms with Crippen molar-refractivity contribution in [1.82, 2.24) is 0 Å². The van der Waals surface area contributed by atoms with Gasteiger partial charge in [-0.1, -0.05) is 18.2 Å². The van der Waals surface area contributed by atoms with Gasteiger partial charge in [0.1, 0.15) is 0 Å². The molecule has 0 saturated carbocycles. The number of alkyl halides is 1. The molecular weight excluding hydrogens is 429 g/mol. The third kappa shape index (κ3) is 1.85. The molecule has 0 nitrogen and oxygen atoms in total. The highest BCUT2D eigenvalue weighted by Gasteiger charge is 2.09. The SMILES string of the molecule is ClCc1cccc2c(I)c(I)sc12. The van der Waals surface area contributed by atoms with Crippen molar-refractivity contribution in [2.75, 3.05) is 0 Å². The second-order valence-corrected chi connectivity index (χ2v) is 6.79. The second-order valence-electron chi connectivity index (χ2n) is 2.62. The van der Waals surface area contributed by atoms with E-state index in [0.717, 1.165) is 0 Å². The zero-order valence-electron chi connectivity index (χ0n) is 6.48. The molecule has 0 bridgehead atoms. The lowest BCUT2D eigenvalue weighted by Crippen LogP contribution is -1.76. The van der Waals surface area contributed by atoms with Crippen molar-refractivity contribution in [2.24, 2.45) is 0 Å². The van der Waals surface area contributed by atoms with E-state index < -0.39 is 0 Å². The summed E-state index contributed by atoms with van der Waals surface area (Å²) < 4.78 is 4.04. The number of hydrogen-bond acceptors (Lipinski definition) is 1. The van der Waals surface area contributed by atoms with Crippen LogP contribution in [0.15, 0.2) is 18.2 Å². The van der Waals surface area contributed by atoms with Crippen molar-refractivity contribution in [3.8, 4) is 0 Å². The number of fused-ring (bicyclic) bond motifs is 1. The fourth-order valence-corrected chi connectivity index (χ4v) is 4.37. The molecule has 0 amide bonds. The summed E-state index contributed by atoms with van der Waals surface area (Å²) in [7, 11) is 0. The Balaban J connectivity index is 2.84. The summed E-state index contributed by atoms with van der Waals surface area (Å²) in [4.78, 5) is 0. The molecule has 0 fully saturated rings. The lowest BCUT2D eigenvalue weighted by molar-refractivity contribution is 1.47. The fraction of sp³-hybridized carbons (Fsp3) is 0.111. The molecule has 2 aromatic rings. The first-order chi connectivity index (χ1) is 6.24. The molecule has 0 radical (unpaired) electrons. The first-order valence-electron chi connectivity index (χ1n) is 3.65. The van der Waals surface area contributed by atoms with Crippen LogP contribution in [-0.2, 0) is 5.88 Å². The van der Waals surface area contributed by atoms with Crippen LogP contribution in [0.4, 0.5) is 0 Å². The average Bonchev–Trinajstić information content (AvgIpc) is 2.43. The molecule has 0 spiro atoms. The molecule has 0 unspecified atom stereocenters. The van der Waals surface area contributed by atoms with Gasteiger partial charge in [-0.3, -0.25) is 0 Å². The number of thiophene rings is 1. The van der Waals surface area contributed by atoms with Crippen molar-refractivity contribution in [3.63, 3.8) is 0 Å². The highest BCUT2D eigenvalue weighted by atomic mass is 127. The van der Waals surface area contributed by atoms with Crippen LogP contribution in [-0.4, -0.2) is 0 Å². The summed E-state index contributed by atoms with van der Waals surface area (Å²) in [5.74, 6) is 0.601. The molecule has 0 atom stereocenters. The molecular formula is C9H5ClI2S. The van der Waals surface area contributed by atoms with Crippen LogP contribution >= 0.6 is 68.1 Å². The molecule has 1 aromatic carbocycles. The van der Waals surface area contributed by atoms with E-state index in [1.165, 1.54) is 22.1 Å². The standard InChI is InChI=1S/C9H5ClI2S/c10-4-5-2-1-3-6-7(11)9(12)13-8(5)6/h1-3H,4H2. The molecule has 1 heterocycles. The summed E-state index contributed by atoms with van der Waals surface area (Å²) in [5.41, 5.74) is 1.24. The molecule has 4 heteroatoms. The molecule has 2 rings (SSSR count). The molecule has 13 heavy (non-hydrogen) atoms. The number of rotatable bonds is 1. The summed E-state index contributed by atoms with van der Waals surface area (Å²) in [6.07, 6.45) is 0. The number of hydrogen-bond donors (Lipinski definition) is 0. The largest absolute Gasteiger partial charge is 0.128 e. The van der Waals surface area contributed by atoms with E-state index in [2.05, 4.69) is 63.4 Å². The van der Waals surface area contributed by atoms with E-state index in [-0.39, 0.29) is 0 Å². The fourth-order valence-electron chi connectivity index (χ4n) is 1.22. The lowest BCUT2D eigenvalue weighted by atomic mass is 10.2. The minimum Gasteiger partial charge on any atom is -0.128 e. The monoisotopic (exact) mass is 434 g/mol. The van der Waals surface area contributed by atoms with Gasteiger partial charge in [0.2, 0.25) is 0 Å². The van der Waals surface area contributed by atoms with Gasteiger partial charge in [0.15, 0.2) is 0 Å². The van der Waals surface area contributed by atoms with Crippen LogP contribution < -0.4 is 0 Å². The summed E-state index contributed by atoms with van der Waals surface area (Å²) in [5, 5.41) is 1.34. The number of benzene rings is 1. The average molecular weight is 434 g/mol. The van der Waals surface area contributed by atoms with Crippen molar-refractivity contribution in [3.05, 3.63) is 30.2 Å². The Bertz CT molecular complexity index is 450. The van der Waals surface area contributed by atoms with Crippen molar-refractivity contribution in [2.45, 2.75) is 5.88 Å². The van der Waals surface area contributed by atoms with Gasteiger partial charge >= 0.3 is 0 Å². The smallest absolute Gasteiger partial charge is 0.0799 e. The van der Waals surface area contributed by atoms with Gasteiger partial charge in [0, 0.05) is 19.5 Å². The van der Waals surface area contributed by atoms with Crippen LogP contribution in [0.1, 0.15) is 5.56 Å². The maximum Gasteiger partial charge on any atom is 0.0799 e. The topological polar surface area (TPSA) is 0 Å². The van der Waals surface area contributed by atoms with Gasteiger partial charge < -0.3 is 0 Å². The lowest BCUT2D eigenvalue weighted by Gasteiger charge is -1.96. The Morgan fingerprint density at radius 3 is 2.77 bits per heavy atom. The van der Waals surface area contributed by atoms with Gasteiger partial charge in [0.05, 0.1) is 2.88 Å². The third-order valence-electron chi connectivity index (χ3n) is 1.84. The molecule has 0 saturated heterocycles. The number of halogens is 3. The van der Waals surface area contributed by atoms with Gasteiger partial charge in [-0.2, -0.15) is 0 Å². The Hall–Kier alpha value is 0.930. The maximum absolute atomic E-state index is 5.87. The molecule has 0 aliphatic rings. The first-order valence-corrected chi connectivity index (χ1v) is 7.16. The minimum atomic E-state index is 0.601. The van der Waals surface area contributed by atoms with Crippen LogP contribution in [0.2, 0.25) is 0 Å². The van der Waals surface area contributed by atoms with Gasteiger partial charge in [-0.25, -0.2) is 0 Å². The predicted octanol–water partition coefficient (Wildman–Crippen LogP) is 4.85. The predicted molar refractivity (Wildman–Crippen MR) is 76.8 cm³/mol. The van der Waals surface area contributed by atoms with Crippen LogP contribution in [0.3, 0.4) is 0 Å². The normalized spacial score (nSPS) is 11.0. The first kappa shape index (κ1) is 10.4. The Morgan fingerprint density at radius 1 is 1.31 bits per heavy atom. The van der Waals surface area contributed by atoms with Gasteiger partial charge in [0.25, 0.3) is 0 Å². The third-order valence-corrected chi connectivity index (χ3v) is 6.92. The van der Waals surface area contributed by atoms with Gasteiger partial charge in [-0.05, 0) is 50.7 Å². The van der Waals surface area contributed by atoms with E-state index in [1.54, 1.807) is 0 Å². The van der Waals surface area contributed by atoms with Crippen molar-refractivity contribution < 1.29 is 0 Å². The van der Waals surface area contributed by atoms with Crippen molar-refractivity contribution in [1.29, 1.82) is 0 Å². The zero-order chi connectivity index (χ0) is 9.42. The van der Waals surface area contributed by atoms with E-state index in [9.17, 15) is 0 Å². The molecule has 0 aliphatic carbocycles. The quantitative estimate of drug-likeness (QED) is 0.445. The van der Waals surface area contributed by atoms with Crippen LogP contribution in [0.5, 0.6) is 0 Å². The Labute approximate surface area is 113 Å².